The first-order chi connectivity index (χ1) is 10.7. The molecule has 0 fully saturated rings. The molecule has 7 heteroatoms. The number of aryl methyl sites for hydroxylation is 2. The monoisotopic (exact) mass is 315 g/mol. The van der Waals surface area contributed by atoms with Crippen LogP contribution in [0.1, 0.15) is 35.6 Å². The number of rotatable bonds is 5. The molecule has 1 amide bonds. The highest BCUT2D eigenvalue weighted by molar-refractivity contribution is 7.08. The number of amides is 1. The van der Waals surface area contributed by atoms with E-state index in [-0.39, 0.29) is 5.91 Å². The van der Waals surface area contributed by atoms with Crippen LogP contribution in [0.3, 0.4) is 0 Å². The van der Waals surface area contributed by atoms with Crippen LogP contribution in [-0.2, 0) is 13.0 Å². The molecule has 1 N–H and O–H groups in total. The summed E-state index contributed by atoms with van der Waals surface area (Å²) in [6.45, 7) is 4.86. The van der Waals surface area contributed by atoms with Gasteiger partial charge in [0.25, 0.3) is 5.91 Å². The van der Waals surface area contributed by atoms with Crippen molar-refractivity contribution in [3.63, 3.8) is 0 Å². The van der Waals surface area contributed by atoms with E-state index >= 15 is 0 Å². The highest BCUT2D eigenvalue weighted by Crippen LogP contribution is 2.21. The topological polar surface area (TPSA) is 72.7 Å². The Bertz CT molecular complexity index is 807. The number of fused-ring (bicyclic) bond motifs is 1. The Balaban J connectivity index is 1.96. The van der Waals surface area contributed by atoms with Crippen molar-refractivity contribution in [2.24, 2.45) is 0 Å². The van der Waals surface area contributed by atoms with Crippen molar-refractivity contribution < 1.29 is 4.79 Å². The lowest BCUT2D eigenvalue weighted by molar-refractivity contribution is 0.102. The lowest BCUT2D eigenvalue weighted by Gasteiger charge is -2.08. The van der Waals surface area contributed by atoms with Gasteiger partial charge in [-0.2, -0.15) is 0 Å². The summed E-state index contributed by atoms with van der Waals surface area (Å²) >= 11 is 1.12. The van der Waals surface area contributed by atoms with E-state index in [1.165, 1.54) is 0 Å². The van der Waals surface area contributed by atoms with Crippen LogP contribution in [0.2, 0.25) is 0 Å². The number of para-hydroxylation sites is 2. The number of aromatic nitrogens is 4. The van der Waals surface area contributed by atoms with Crippen molar-refractivity contribution in [2.45, 2.75) is 33.2 Å². The van der Waals surface area contributed by atoms with Crippen LogP contribution in [0, 0.1) is 0 Å². The van der Waals surface area contributed by atoms with Gasteiger partial charge in [-0.05, 0) is 36.5 Å². The van der Waals surface area contributed by atoms with Crippen LogP contribution in [0.4, 0.5) is 5.95 Å². The average Bonchev–Trinajstić information content (AvgIpc) is 3.13. The molecule has 3 rings (SSSR count). The van der Waals surface area contributed by atoms with Gasteiger partial charge in [0.15, 0.2) is 0 Å². The lowest BCUT2D eigenvalue weighted by atomic mass is 10.3. The van der Waals surface area contributed by atoms with Gasteiger partial charge < -0.3 is 4.57 Å². The van der Waals surface area contributed by atoms with Gasteiger partial charge in [-0.3, -0.25) is 10.1 Å². The predicted molar refractivity (Wildman–Crippen MR) is 87.3 cm³/mol. The molecule has 0 saturated carbocycles. The molecule has 1 aromatic carbocycles. The van der Waals surface area contributed by atoms with Gasteiger partial charge in [-0.25, -0.2) is 4.98 Å². The fourth-order valence-electron chi connectivity index (χ4n) is 2.39. The largest absolute Gasteiger partial charge is 0.310 e. The second-order valence-corrected chi connectivity index (χ2v) is 5.69. The summed E-state index contributed by atoms with van der Waals surface area (Å²) in [5.74, 6) is 0.378. The van der Waals surface area contributed by atoms with Gasteiger partial charge in [0.1, 0.15) is 4.88 Å². The predicted octanol–water partition coefficient (Wildman–Crippen LogP) is 3.11. The van der Waals surface area contributed by atoms with Crippen molar-refractivity contribution in [3.8, 4) is 0 Å². The molecule has 0 spiro atoms. The van der Waals surface area contributed by atoms with Gasteiger partial charge in [-0.1, -0.05) is 30.5 Å². The van der Waals surface area contributed by atoms with E-state index in [0.717, 1.165) is 41.2 Å². The number of benzene rings is 1. The highest BCUT2D eigenvalue weighted by atomic mass is 32.1. The number of anilines is 1. The number of nitrogens with one attached hydrogen (secondary N) is 1. The Labute approximate surface area is 132 Å². The summed E-state index contributed by atoms with van der Waals surface area (Å²) in [5.41, 5.74) is 2.63. The summed E-state index contributed by atoms with van der Waals surface area (Å²) in [7, 11) is 0. The molecule has 0 saturated heterocycles. The minimum atomic E-state index is -0.195. The van der Waals surface area contributed by atoms with E-state index in [9.17, 15) is 4.79 Å². The average molecular weight is 315 g/mol. The van der Waals surface area contributed by atoms with E-state index in [2.05, 4.69) is 26.8 Å². The van der Waals surface area contributed by atoms with Crippen molar-refractivity contribution in [2.75, 3.05) is 5.32 Å². The van der Waals surface area contributed by atoms with Crippen molar-refractivity contribution in [3.05, 3.63) is 34.8 Å². The normalized spacial score (nSPS) is 11.0. The minimum absolute atomic E-state index is 0.195. The Morgan fingerprint density at radius 3 is 2.91 bits per heavy atom. The number of nitrogens with zero attached hydrogens (tertiary/aromatic N) is 4. The maximum absolute atomic E-state index is 12.5. The lowest BCUT2D eigenvalue weighted by Crippen LogP contribution is -2.16. The van der Waals surface area contributed by atoms with Gasteiger partial charge in [0, 0.05) is 6.54 Å². The van der Waals surface area contributed by atoms with Crippen molar-refractivity contribution in [1.82, 2.24) is 19.1 Å². The molecule has 3 aromatic rings. The van der Waals surface area contributed by atoms with Crippen LogP contribution in [-0.4, -0.2) is 25.0 Å². The van der Waals surface area contributed by atoms with Crippen LogP contribution in [0.15, 0.2) is 24.3 Å². The molecule has 0 radical (unpaired) electrons. The zero-order valence-corrected chi connectivity index (χ0v) is 13.4. The summed E-state index contributed by atoms with van der Waals surface area (Å²) < 4.78 is 5.90. The van der Waals surface area contributed by atoms with E-state index in [4.69, 9.17) is 0 Å². The first kappa shape index (κ1) is 14.6. The molecule has 0 atom stereocenters. The van der Waals surface area contributed by atoms with E-state index in [0.29, 0.717) is 17.2 Å². The third-order valence-electron chi connectivity index (χ3n) is 3.42. The van der Waals surface area contributed by atoms with Crippen LogP contribution < -0.4 is 5.32 Å². The number of hydrogen-bond donors (Lipinski definition) is 1. The molecule has 0 aliphatic carbocycles. The fourth-order valence-corrected chi connectivity index (χ4v) is 3.04. The SMILES string of the molecule is CCCn1c(NC(=O)c2snnc2CC)nc2ccccc21. The first-order valence-corrected chi connectivity index (χ1v) is 8.09. The van der Waals surface area contributed by atoms with Crippen LogP contribution >= 0.6 is 11.5 Å². The number of imidazole rings is 1. The third-order valence-corrected chi connectivity index (χ3v) is 4.19. The third kappa shape index (κ3) is 2.59. The molecule has 0 unspecified atom stereocenters. The Morgan fingerprint density at radius 2 is 2.14 bits per heavy atom. The van der Waals surface area contributed by atoms with Crippen LogP contribution in [0.25, 0.3) is 11.0 Å². The summed E-state index contributed by atoms with van der Waals surface area (Å²) in [6, 6.07) is 7.88. The molecule has 0 aliphatic heterocycles. The molecule has 0 bridgehead atoms. The van der Waals surface area contributed by atoms with Gasteiger partial charge >= 0.3 is 0 Å². The number of carbonyl (C=O) groups is 1. The molecule has 22 heavy (non-hydrogen) atoms. The van der Waals surface area contributed by atoms with Gasteiger partial charge in [-0.15, -0.1) is 5.10 Å². The molecular formula is C15H17N5OS. The second kappa shape index (κ2) is 6.23. The van der Waals surface area contributed by atoms with Crippen molar-refractivity contribution in [1.29, 1.82) is 0 Å². The summed E-state index contributed by atoms with van der Waals surface area (Å²) in [5, 5.41) is 6.88. The zero-order valence-electron chi connectivity index (χ0n) is 12.5. The Hall–Kier alpha value is -2.28. The minimum Gasteiger partial charge on any atom is -0.310 e. The Morgan fingerprint density at radius 1 is 1.32 bits per heavy atom. The van der Waals surface area contributed by atoms with E-state index in [1.54, 1.807) is 0 Å². The Kier molecular flexibility index (Phi) is 4.15. The quantitative estimate of drug-likeness (QED) is 0.785. The molecule has 2 heterocycles. The standard InChI is InChI=1S/C15H17N5OS/c1-3-9-20-12-8-6-5-7-11(12)16-15(20)17-14(21)13-10(4-2)18-19-22-13/h5-8H,3-4,9H2,1-2H3,(H,16,17,21). The highest BCUT2D eigenvalue weighted by Gasteiger charge is 2.18. The van der Waals surface area contributed by atoms with Gasteiger partial charge in [0.05, 0.1) is 16.7 Å². The van der Waals surface area contributed by atoms with Crippen LogP contribution in [0.5, 0.6) is 0 Å². The zero-order chi connectivity index (χ0) is 15.5. The molecule has 2 aromatic heterocycles. The summed E-state index contributed by atoms with van der Waals surface area (Å²) in [6.07, 6.45) is 1.65. The smallest absolute Gasteiger partial charge is 0.271 e. The molecular weight excluding hydrogens is 298 g/mol. The first-order valence-electron chi connectivity index (χ1n) is 7.32. The molecule has 0 aliphatic rings. The van der Waals surface area contributed by atoms with E-state index < -0.39 is 0 Å². The fraction of sp³-hybridized carbons (Fsp3) is 0.333. The second-order valence-electron chi connectivity index (χ2n) is 4.93. The summed E-state index contributed by atoms with van der Waals surface area (Å²) in [4.78, 5) is 17.5. The molecule has 114 valence electrons. The maximum Gasteiger partial charge on any atom is 0.271 e. The van der Waals surface area contributed by atoms with Gasteiger partial charge in [0.2, 0.25) is 5.95 Å². The number of hydrogen-bond acceptors (Lipinski definition) is 5. The van der Waals surface area contributed by atoms with Crippen molar-refractivity contribution >= 4 is 34.4 Å². The van der Waals surface area contributed by atoms with E-state index in [1.807, 2.05) is 35.8 Å². The molecule has 6 nitrogen and oxygen atoms in total. The number of carbonyl (C=O) groups excluding carboxylic acids is 1. The maximum atomic E-state index is 12.5.